The highest BCUT2D eigenvalue weighted by atomic mass is 15.4. The molecule has 0 saturated carbocycles. The molecule has 3 heteroatoms. The van der Waals surface area contributed by atoms with Crippen LogP contribution >= 0.6 is 0 Å². The van der Waals surface area contributed by atoms with Crippen molar-refractivity contribution in [2.24, 2.45) is 5.10 Å². The maximum atomic E-state index is 9.03. The molecule has 0 spiro atoms. The Labute approximate surface area is 96.3 Å². The molecule has 1 aromatic rings. The van der Waals surface area contributed by atoms with E-state index < -0.39 is 0 Å². The van der Waals surface area contributed by atoms with E-state index in [1.54, 1.807) is 17.2 Å². The third kappa shape index (κ3) is 2.71. The fourth-order valence-corrected chi connectivity index (χ4v) is 1.39. The van der Waals surface area contributed by atoms with Crippen LogP contribution in [0.3, 0.4) is 0 Å². The van der Waals surface area contributed by atoms with Crippen LogP contribution in [0.2, 0.25) is 0 Å². The van der Waals surface area contributed by atoms with Crippen LogP contribution in [0.4, 0.5) is 0 Å². The molecule has 0 amide bonds. The molecule has 0 heterocycles. The Kier molecular flexibility index (Phi) is 3.84. The fourth-order valence-electron chi connectivity index (χ4n) is 1.39. The zero-order valence-corrected chi connectivity index (χ0v) is 9.86. The van der Waals surface area contributed by atoms with Gasteiger partial charge in [0.1, 0.15) is 0 Å². The molecule has 1 aromatic carbocycles. The van der Waals surface area contributed by atoms with Crippen LogP contribution in [0.1, 0.15) is 16.7 Å². The maximum Gasteiger partial charge on any atom is 0.0998 e. The maximum absolute atomic E-state index is 9.03. The van der Waals surface area contributed by atoms with Crippen molar-refractivity contribution in [3.63, 3.8) is 0 Å². The van der Waals surface area contributed by atoms with Crippen molar-refractivity contribution in [2.45, 2.75) is 6.92 Å². The number of allylic oxidation sites excluding steroid dienone is 1. The summed E-state index contributed by atoms with van der Waals surface area (Å²) in [5, 5.41) is 15.0. The van der Waals surface area contributed by atoms with Gasteiger partial charge in [0.2, 0.25) is 0 Å². The van der Waals surface area contributed by atoms with Gasteiger partial charge in [0.25, 0.3) is 0 Å². The lowest BCUT2D eigenvalue weighted by molar-refractivity contribution is 0.438. The van der Waals surface area contributed by atoms with Crippen molar-refractivity contribution in [2.75, 3.05) is 14.1 Å². The van der Waals surface area contributed by atoms with E-state index in [2.05, 4.69) is 17.7 Å². The SMILES string of the molecule is C=C/C(=N\N(C)C)c1cc(C)ccc1C#N. The fraction of sp³-hybridized carbons (Fsp3) is 0.231. The highest BCUT2D eigenvalue weighted by Crippen LogP contribution is 2.13. The van der Waals surface area contributed by atoms with Crippen LogP contribution < -0.4 is 0 Å². The number of nitrogens with zero attached hydrogens (tertiary/aromatic N) is 3. The van der Waals surface area contributed by atoms with Crippen molar-refractivity contribution < 1.29 is 0 Å². The highest BCUT2D eigenvalue weighted by molar-refractivity contribution is 6.09. The first kappa shape index (κ1) is 12.0. The molecule has 0 aliphatic rings. The van der Waals surface area contributed by atoms with Gasteiger partial charge in [0, 0.05) is 19.7 Å². The van der Waals surface area contributed by atoms with Crippen molar-refractivity contribution in [1.29, 1.82) is 5.26 Å². The molecule has 16 heavy (non-hydrogen) atoms. The van der Waals surface area contributed by atoms with Gasteiger partial charge in [-0.15, -0.1) is 0 Å². The molecular formula is C13H15N3. The Balaban J connectivity index is 3.35. The summed E-state index contributed by atoms with van der Waals surface area (Å²) in [7, 11) is 3.68. The molecule has 1 rings (SSSR count). The molecule has 0 unspecified atom stereocenters. The lowest BCUT2D eigenvalue weighted by Gasteiger charge is -2.09. The molecule has 0 saturated heterocycles. The van der Waals surface area contributed by atoms with Crippen LogP contribution in [-0.4, -0.2) is 24.8 Å². The average Bonchev–Trinajstić information content (AvgIpc) is 2.25. The van der Waals surface area contributed by atoms with Crippen molar-refractivity contribution in [1.82, 2.24) is 5.01 Å². The molecule has 0 fully saturated rings. The van der Waals surface area contributed by atoms with E-state index in [0.29, 0.717) is 11.3 Å². The molecule has 0 aromatic heterocycles. The monoisotopic (exact) mass is 213 g/mol. The van der Waals surface area contributed by atoms with Crippen LogP contribution in [0.5, 0.6) is 0 Å². The van der Waals surface area contributed by atoms with E-state index in [1.807, 2.05) is 33.2 Å². The Hall–Kier alpha value is -2.08. The number of hydrazone groups is 1. The lowest BCUT2D eigenvalue weighted by atomic mass is 10.0. The second kappa shape index (κ2) is 5.13. The second-order valence-electron chi connectivity index (χ2n) is 3.70. The van der Waals surface area contributed by atoms with Crippen LogP contribution in [0.15, 0.2) is 36.0 Å². The predicted octanol–water partition coefficient (Wildman–Crippen LogP) is 2.32. The first-order valence-electron chi connectivity index (χ1n) is 4.98. The zero-order chi connectivity index (χ0) is 12.1. The number of rotatable bonds is 3. The average molecular weight is 213 g/mol. The van der Waals surface area contributed by atoms with Gasteiger partial charge in [0.05, 0.1) is 17.3 Å². The number of aryl methyl sites for hydroxylation is 1. The summed E-state index contributed by atoms with van der Waals surface area (Å²) in [6.45, 7) is 5.72. The summed E-state index contributed by atoms with van der Waals surface area (Å²) in [6.07, 6.45) is 1.66. The number of benzene rings is 1. The van der Waals surface area contributed by atoms with E-state index in [-0.39, 0.29) is 0 Å². The first-order valence-corrected chi connectivity index (χ1v) is 4.98. The minimum absolute atomic E-state index is 0.617. The molecule has 0 atom stereocenters. The molecule has 0 radical (unpaired) electrons. The summed E-state index contributed by atoms with van der Waals surface area (Å²) in [5.74, 6) is 0. The smallest absolute Gasteiger partial charge is 0.0998 e. The number of hydrogen-bond donors (Lipinski definition) is 0. The van der Waals surface area contributed by atoms with Gasteiger partial charge >= 0.3 is 0 Å². The third-order valence-electron chi connectivity index (χ3n) is 2.07. The molecule has 3 nitrogen and oxygen atoms in total. The topological polar surface area (TPSA) is 39.4 Å². The number of nitriles is 1. The van der Waals surface area contributed by atoms with Crippen LogP contribution in [-0.2, 0) is 0 Å². The van der Waals surface area contributed by atoms with Gasteiger partial charge in [-0.25, -0.2) is 0 Å². The van der Waals surface area contributed by atoms with Gasteiger partial charge in [-0.3, -0.25) is 0 Å². The lowest BCUT2D eigenvalue weighted by Crippen LogP contribution is -2.09. The minimum Gasteiger partial charge on any atom is -0.303 e. The quantitative estimate of drug-likeness (QED) is 0.571. The van der Waals surface area contributed by atoms with Crippen molar-refractivity contribution >= 4 is 5.71 Å². The first-order chi connectivity index (χ1) is 7.58. The summed E-state index contributed by atoms with van der Waals surface area (Å²) < 4.78 is 0. The van der Waals surface area contributed by atoms with Gasteiger partial charge in [0.15, 0.2) is 0 Å². The number of hydrogen-bond acceptors (Lipinski definition) is 3. The molecular weight excluding hydrogens is 198 g/mol. The largest absolute Gasteiger partial charge is 0.303 e. The van der Waals surface area contributed by atoms with E-state index >= 15 is 0 Å². The molecule has 82 valence electrons. The molecule has 0 aliphatic carbocycles. The molecule has 0 bridgehead atoms. The van der Waals surface area contributed by atoms with Crippen molar-refractivity contribution in [3.05, 3.63) is 47.5 Å². The predicted molar refractivity (Wildman–Crippen MR) is 66.3 cm³/mol. The summed E-state index contributed by atoms with van der Waals surface area (Å²) >= 11 is 0. The van der Waals surface area contributed by atoms with E-state index in [9.17, 15) is 0 Å². The Morgan fingerprint density at radius 1 is 1.50 bits per heavy atom. The molecule has 0 aliphatic heterocycles. The zero-order valence-electron chi connectivity index (χ0n) is 9.86. The van der Waals surface area contributed by atoms with Gasteiger partial charge in [-0.05, 0) is 25.1 Å². The Morgan fingerprint density at radius 2 is 2.19 bits per heavy atom. The van der Waals surface area contributed by atoms with Gasteiger partial charge in [-0.1, -0.05) is 18.2 Å². The Morgan fingerprint density at radius 3 is 2.69 bits per heavy atom. The highest BCUT2D eigenvalue weighted by Gasteiger charge is 2.07. The summed E-state index contributed by atoms with van der Waals surface area (Å²) in [5.41, 5.74) is 3.25. The standard InChI is InChI=1S/C13H15N3/c1-5-13(15-16(3)4)12-8-10(2)6-7-11(12)9-14/h5-8H,1H2,2-4H3/b15-13+. The van der Waals surface area contributed by atoms with Crippen molar-refractivity contribution in [3.8, 4) is 6.07 Å². The minimum atomic E-state index is 0.617. The molecule has 0 N–H and O–H groups in total. The van der Waals surface area contributed by atoms with E-state index in [0.717, 1.165) is 11.1 Å². The van der Waals surface area contributed by atoms with Gasteiger partial charge < -0.3 is 5.01 Å². The van der Waals surface area contributed by atoms with Gasteiger partial charge in [-0.2, -0.15) is 10.4 Å². The second-order valence-corrected chi connectivity index (χ2v) is 3.70. The van der Waals surface area contributed by atoms with Crippen LogP contribution in [0, 0.1) is 18.3 Å². The van der Waals surface area contributed by atoms with Crippen LogP contribution in [0.25, 0.3) is 0 Å². The Bertz CT molecular complexity index is 465. The third-order valence-corrected chi connectivity index (χ3v) is 2.07. The van der Waals surface area contributed by atoms with E-state index in [1.165, 1.54) is 0 Å². The normalized spacial score (nSPS) is 10.8. The summed E-state index contributed by atoms with van der Waals surface area (Å²) in [6, 6.07) is 7.83. The summed E-state index contributed by atoms with van der Waals surface area (Å²) in [4.78, 5) is 0. The van der Waals surface area contributed by atoms with E-state index in [4.69, 9.17) is 5.26 Å².